The molecule has 102 valence electrons. The molecule has 1 heterocycles. The number of nitrogens with one attached hydrogen (secondary N) is 1. The number of rotatable bonds is 6. The highest BCUT2D eigenvalue weighted by molar-refractivity contribution is 4.79. The van der Waals surface area contributed by atoms with Gasteiger partial charge in [0.2, 0.25) is 0 Å². The summed E-state index contributed by atoms with van der Waals surface area (Å²) in [6.07, 6.45) is 4.13. The predicted octanol–water partition coefficient (Wildman–Crippen LogP) is 1.65. The van der Waals surface area contributed by atoms with E-state index in [1.165, 1.54) is 25.8 Å². The summed E-state index contributed by atoms with van der Waals surface area (Å²) in [5, 5.41) is 3.66. The standard InChI is InChI=1S/C14H31N3/c1-12(2)14(16(3)4)11-15-10-13-8-6-7-9-17(13)5/h12-15H,6-11H2,1-5H3. The SMILES string of the molecule is CC(C)C(CNCC1CCCCN1C)N(C)C. The average molecular weight is 241 g/mol. The minimum absolute atomic E-state index is 0.642. The Kier molecular flexibility index (Phi) is 6.45. The van der Waals surface area contributed by atoms with Crippen molar-refractivity contribution in [3.05, 3.63) is 0 Å². The fraction of sp³-hybridized carbons (Fsp3) is 1.00. The van der Waals surface area contributed by atoms with Crippen LogP contribution in [0.4, 0.5) is 0 Å². The van der Waals surface area contributed by atoms with Crippen molar-refractivity contribution in [1.29, 1.82) is 0 Å². The van der Waals surface area contributed by atoms with Crippen LogP contribution in [0.5, 0.6) is 0 Å². The summed E-state index contributed by atoms with van der Waals surface area (Å²) in [5.41, 5.74) is 0. The van der Waals surface area contributed by atoms with Crippen LogP contribution in [-0.2, 0) is 0 Å². The summed E-state index contributed by atoms with van der Waals surface area (Å²) < 4.78 is 0. The Bertz CT molecular complexity index is 196. The van der Waals surface area contributed by atoms with Crippen LogP contribution in [0.3, 0.4) is 0 Å². The highest BCUT2D eigenvalue weighted by Crippen LogP contribution is 2.14. The lowest BCUT2D eigenvalue weighted by molar-refractivity contribution is 0.171. The number of hydrogen-bond donors (Lipinski definition) is 1. The maximum absolute atomic E-state index is 3.66. The third kappa shape index (κ3) is 4.94. The predicted molar refractivity (Wildman–Crippen MR) is 75.5 cm³/mol. The Morgan fingerprint density at radius 1 is 1.29 bits per heavy atom. The van der Waals surface area contributed by atoms with Gasteiger partial charge in [-0.25, -0.2) is 0 Å². The molecule has 1 N–H and O–H groups in total. The zero-order chi connectivity index (χ0) is 12.8. The molecule has 0 aromatic carbocycles. The van der Waals surface area contributed by atoms with Crippen molar-refractivity contribution in [1.82, 2.24) is 15.1 Å². The fourth-order valence-corrected chi connectivity index (χ4v) is 2.81. The molecule has 3 heteroatoms. The zero-order valence-electron chi connectivity index (χ0n) is 12.4. The van der Waals surface area contributed by atoms with Gasteiger partial charge in [0.25, 0.3) is 0 Å². The first-order valence-corrected chi connectivity index (χ1v) is 7.09. The van der Waals surface area contributed by atoms with Gasteiger partial charge >= 0.3 is 0 Å². The minimum Gasteiger partial charge on any atom is -0.314 e. The second kappa shape index (κ2) is 7.34. The molecule has 3 nitrogen and oxygen atoms in total. The molecule has 0 aromatic heterocycles. The van der Waals surface area contributed by atoms with Gasteiger partial charge in [-0.3, -0.25) is 0 Å². The topological polar surface area (TPSA) is 18.5 Å². The fourth-order valence-electron chi connectivity index (χ4n) is 2.81. The van der Waals surface area contributed by atoms with E-state index in [-0.39, 0.29) is 0 Å². The van der Waals surface area contributed by atoms with E-state index in [2.05, 4.69) is 50.1 Å². The quantitative estimate of drug-likeness (QED) is 0.763. The van der Waals surface area contributed by atoms with Gasteiger partial charge < -0.3 is 15.1 Å². The smallest absolute Gasteiger partial charge is 0.0237 e. The van der Waals surface area contributed by atoms with Crippen LogP contribution >= 0.6 is 0 Å². The van der Waals surface area contributed by atoms with Gasteiger partial charge in [0.1, 0.15) is 0 Å². The van der Waals surface area contributed by atoms with Crippen molar-refractivity contribution < 1.29 is 0 Å². The maximum Gasteiger partial charge on any atom is 0.0237 e. The maximum atomic E-state index is 3.66. The number of piperidine rings is 1. The molecule has 0 aliphatic carbocycles. The number of nitrogens with zero attached hydrogens (tertiary/aromatic N) is 2. The minimum atomic E-state index is 0.642. The van der Waals surface area contributed by atoms with E-state index in [9.17, 15) is 0 Å². The molecule has 0 aromatic rings. The van der Waals surface area contributed by atoms with Crippen LogP contribution in [0.15, 0.2) is 0 Å². The number of likely N-dealkylation sites (N-methyl/N-ethyl adjacent to an activating group) is 2. The molecule has 2 atom stereocenters. The molecule has 1 fully saturated rings. The normalized spacial score (nSPS) is 24.5. The second-order valence-electron chi connectivity index (χ2n) is 6.06. The van der Waals surface area contributed by atoms with Gasteiger partial charge in [-0.2, -0.15) is 0 Å². The molecule has 1 aliphatic rings. The van der Waals surface area contributed by atoms with Gasteiger partial charge in [0.15, 0.2) is 0 Å². The molecule has 1 rings (SSSR count). The first-order chi connectivity index (χ1) is 8.02. The third-order valence-corrected chi connectivity index (χ3v) is 4.09. The molecular formula is C14H31N3. The summed E-state index contributed by atoms with van der Waals surface area (Å²) in [4.78, 5) is 4.85. The highest BCUT2D eigenvalue weighted by atomic mass is 15.2. The van der Waals surface area contributed by atoms with E-state index < -0.39 is 0 Å². The molecule has 1 saturated heterocycles. The molecule has 17 heavy (non-hydrogen) atoms. The summed E-state index contributed by atoms with van der Waals surface area (Å²) in [5.74, 6) is 0.710. The zero-order valence-corrected chi connectivity index (χ0v) is 12.4. The highest BCUT2D eigenvalue weighted by Gasteiger charge is 2.20. The van der Waals surface area contributed by atoms with E-state index in [4.69, 9.17) is 0 Å². The lowest BCUT2D eigenvalue weighted by Gasteiger charge is -2.34. The van der Waals surface area contributed by atoms with Gasteiger partial charge in [0, 0.05) is 25.2 Å². The largest absolute Gasteiger partial charge is 0.314 e. The first-order valence-electron chi connectivity index (χ1n) is 7.09. The summed E-state index contributed by atoms with van der Waals surface area (Å²) in [6.45, 7) is 8.13. The Labute approximate surface area is 108 Å². The molecule has 2 unspecified atom stereocenters. The van der Waals surface area contributed by atoms with Crippen molar-refractivity contribution in [3.8, 4) is 0 Å². The van der Waals surface area contributed by atoms with E-state index in [1.807, 2.05) is 0 Å². The van der Waals surface area contributed by atoms with E-state index in [1.54, 1.807) is 0 Å². The molecule has 1 aliphatic heterocycles. The first kappa shape index (κ1) is 14.9. The summed E-state index contributed by atoms with van der Waals surface area (Å²) in [7, 11) is 6.62. The third-order valence-electron chi connectivity index (χ3n) is 4.09. The van der Waals surface area contributed by atoms with Crippen molar-refractivity contribution in [2.24, 2.45) is 5.92 Å². The van der Waals surface area contributed by atoms with Crippen molar-refractivity contribution in [2.75, 3.05) is 40.8 Å². The van der Waals surface area contributed by atoms with Crippen LogP contribution in [-0.4, -0.2) is 62.7 Å². The summed E-state index contributed by atoms with van der Waals surface area (Å²) >= 11 is 0. The Morgan fingerprint density at radius 2 is 2.00 bits per heavy atom. The summed E-state index contributed by atoms with van der Waals surface area (Å²) in [6, 6.07) is 1.39. The van der Waals surface area contributed by atoms with Gasteiger partial charge in [0.05, 0.1) is 0 Å². The molecule has 0 radical (unpaired) electrons. The van der Waals surface area contributed by atoms with Crippen LogP contribution in [0, 0.1) is 5.92 Å². The van der Waals surface area contributed by atoms with Gasteiger partial charge in [-0.15, -0.1) is 0 Å². The number of likely N-dealkylation sites (tertiary alicyclic amines) is 1. The van der Waals surface area contributed by atoms with Gasteiger partial charge in [-0.1, -0.05) is 20.3 Å². The van der Waals surface area contributed by atoms with E-state index in [0.29, 0.717) is 12.0 Å². The Balaban J connectivity index is 2.25. The average Bonchev–Trinajstić information content (AvgIpc) is 2.25. The molecule has 0 amide bonds. The number of hydrogen-bond acceptors (Lipinski definition) is 3. The van der Waals surface area contributed by atoms with Crippen molar-refractivity contribution in [3.63, 3.8) is 0 Å². The lowest BCUT2D eigenvalue weighted by Crippen LogP contribution is -2.47. The lowest BCUT2D eigenvalue weighted by atomic mass is 10.0. The molecule has 0 spiro atoms. The Hall–Kier alpha value is -0.120. The van der Waals surface area contributed by atoms with Crippen LogP contribution in [0.2, 0.25) is 0 Å². The van der Waals surface area contributed by atoms with E-state index in [0.717, 1.165) is 19.1 Å². The molecular weight excluding hydrogens is 210 g/mol. The van der Waals surface area contributed by atoms with Crippen molar-refractivity contribution in [2.45, 2.75) is 45.2 Å². The van der Waals surface area contributed by atoms with Gasteiger partial charge in [-0.05, 0) is 46.4 Å². The second-order valence-corrected chi connectivity index (χ2v) is 6.06. The van der Waals surface area contributed by atoms with Crippen LogP contribution in [0.25, 0.3) is 0 Å². The van der Waals surface area contributed by atoms with E-state index >= 15 is 0 Å². The Morgan fingerprint density at radius 3 is 2.53 bits per heavy atom. The van der Waals surface area contributed by atoms with Crippen molar-refractivity contribution >= 4 is 0 Å². The van der Waals surface area contributed by atoms with Crippen LogP contribution in [0.1, 0.15) is 33.1 Å². The monoisotopic (exact) mass is 241 g/mol. The van der Waals surface area contributed by atoms with Crippen LogP contribution < -0.4 is 5.32 Å². The molecule has 0 saturated carbocycles. The molecule has 0 bridgehead atoms.